The van der Waals surface area contributed by atoms with Crippen LogP contribution in [-0.2, 0) is 4.74 Å². The van der Waals surface area contributed by atoms with Gasteiger partial charge in [0.25, 0.3) is 5.91 Å². The van der Waals surface area contributed by atoms with Gasteiger partial charge in [0.1, 0.15) is 11.7 Å². The summed E-state index contributed by atoms with van der Waals surface area (Å²) in [7, 11) is 0. The van der Waals surface area contributed by atoms with Crippen molar-refractivity contribution in [1.82, 2.24) is 19.8 Å². The van der Waals surface area contributed by atoms with Crippen molar-refractivity contribution >= 4 is 12.0 Å². The summed E-state index contributed by atoms with van der Waals surface area (Å²) in [6, 6.07) is 0.269. The second-order valence-corrected chi connectivity index (χ2v) is 8.39. The second-order valence-electron chi connectivity index (χ2n) is 8.39. The topological polar surface area (TPSA) is 84.9 Å². The fourth-order valence-corrected chi connectivity index (χ4v) is 3.40. The van der Waals surface area contributed by atoms with Gasteiger partial charge in [0, 0.05) is 51.4 Å². The van der Waals surface area contributed by atoms with Crippen molar-refractivity contribution < 1.29 is 19.1 Å². The first-order chi connectivity index (χ1) is 13.3. The van der Waals surface area contributed by atoms with Crippen LogP contribution in [0.3, 0.4) is 0 Å². The number of hydrogen-bond donors (Lipinski definition) is 0. The maximum Gasteiger partial charge on any atom is 0.410 e. The lowest BCUT2D eigenvalue weighted by atomic mass is 10.1. The van der Waals surface area contributed by atoms with Crippen LogP contribution < -0.4 is 4.74 Å². The number of rotatable bonds is 3. The molecule has 1 aromatic heterocycles. The minimum absolute atomic E-state index is 0.0167. The summed E-state index contributed by atoms with van der Waals surface area (Å²) in [6.07, 6.45) is 7.40. The van der Waals surface area contributed by atoms with E-state index in [-0.39, 0.29) is 24.1 Å². The van der Waals surface area contributed by atoms with Crippen LogP contribution in [0.5, 0.6) is 6.01 Å². The van der Waals surface area contributed by atoms with Crippen molar-refractivity contribution in [2.24, 2.45) is 0 Å². The molecular formula is C20H30N4O4. The predicted octanol–water partition coefficient (Wildman–Crippen LogP) is 2.88. The molecule has 0 unspecified atom stereocenters. The number of carbonyl (C=O) groups excluding carboxylic acids is 2. The molecule has 0 aliphatic carbocycles. The Bertz CT molecular complexity index is 672. The van der Waals surface area contributed by atoms with Gasteiger partial charge in [0.05, 0.1) is 5.56 Å². The van der Waals surface area contributed by atoms with Crippen LogP contribution in [0, 0.1) is 0 Å². The van der Waals surface area contributed by atoms with Gasteiger partial charge >= 0.3 is 12.1 Å². The fraction of sp³-hybridized carbons (Fsp3) is 0.700. The molecule has 3 rings (SSSR count). The summed E-state index contributed by atoms with van der Waals surface area (Å²) in [5.41, 5.74) is 0.0000443. The SMILES string of the molecule is CC(C)(C)OC(=O)N1CCC(Oc2ncc(C(=O)N3CCCCC3)cn2)CC1. The van der Waals surface area contributed by atoms with Crippen LogP contribution in [0.25, 0.3) is 0 Å². The van der Waals surface area contributed by atoms with Gasteiger partial charge in [-0.05, 0) is 40.0 Å². The Morgan fingerprint density at radius 3 is 2.14 bits per heavy atom. The molecule has 2 amide bonds. The zero-order valence-corrected chi connectivity index (χ0v) is 17.0. The maximum atomic E-state index is 12.5. The first kappa shape index (κ1) is 20.4. The molecule has 8 nitrogen and oxygen atoms in total. The van der Waals surface area contributed by atoms with Crippen LogP contribution >= 0.6 is 0 Å². The van der Waals surface area contributed by atoms with E-state index in [2.05, 4.69) is 9.97 Å². The van der Waals surface area contributed by atoms with Gasteiger partial charge in [-0.2, -0.15) is 0 Å². The van der Waals surface area contributed by atoms with Crippen LogP contribution in [0.2, 0.25) is 0 Å². The highest BCUT2D eigenvalue weighted by Gasteiger charge is 2.28. The number of likely N-dealkylation sites (tertiary alicyclic amines) is 2. The monoisotopic (exact) mass is 390 g/mol. The Morgan fingerprint density at radius 1 is 0.964 bits per heavy atom. The second kappa shape index (κ2) is 8.75. The number of piperidine rings is 2. The zero-order valence-electron chi connectivity index (χ0n) is 17.0. The quantitative estimate of drug-likeness (QED) is 0.789. The Morgan fingerprint density at radius 2 is 1.57 bits per heavy atom. The van der Waals surface area contributed by atoms with Crippen molar-refractivity contribution in [3.63, 3.8) is 0 Å². The molecule has 1 aromatic rings. The Kier molecular flexibility index (Phi) is 6.36. The van der Waals surface area contributed by atoms with Gasteiger partial charge in [0.2, 0.25) is 0 Å². The van der Waals surface area contributed by atoms with E-state index in [1.54, 1.807) is 4.90 Å². The fourth-order valence-electron chi connectivity index (χ4n) is 3.40. The molecule has 0 spiro atoms. The van der Waals surface area contributed by atoms with Gasteiger partial charge in [-0.3, -0.25) is 4.79 Å². The Balaban J connectivity index is 1.47. The molecule has 0 N–H and O–H groups in total. The van der Waals surface area contributed by atoms with Crippen molar-refractivity contribution in [3.05, 3.63) is 18.0 Å². The molecule has 8 heteroatoms. The number of amides is 2. The van der Waals surface area contributed by atoms with Crippen LogP contribution in [0.15, 0.2) is 12.4 Å². The van der Waals surface area contributed by atoms with Gasteiger partial charge in [-0.15, -0.1) is 0 Å². The number of ether oxygens (including phenoxy) is 2. The average Bonchev–Trinajstić information content (AvgIpc) is 2.68. The standard InChI is InChI=1S/C20H30N4O4/c1-20(2,3)28-19(26)24-11-7-16(8-12-24)27-18-21-13-15(14-22-18)17(25)23-9-5-4-6-10-23/h13-14,16H,4-12H2,1-3H3. The van der Waals surface area contributed by atoms with E-state index < -0.39 is 5.60 Å². The molecule has 0 atom stereocenters. The average molecular weight is 390 g/mol. The number of hydrogen-bond acceptors (Lipinski definition) is 6. The van der Waals surface area contributed by atoms with E-state index in [0.717, 1.165) is 25.9 Å². The first-order valence-electron chi connectivity index (χ1n) is 10.1. The minimum Gasteiger partial charge on any atom is -0.460 e. The molecule has 28 heavy (non-hydrogen) atoms. The number of aromatic nitrogens is 2. The van der Waals surface area contributed by atoms with E-state index in [1.165, 1.54) is 18.8 Å². The molecule has 3 heterocycles. The highest BCUT2D eigenvalue weighted by molar-refractivity contribution is 5.93. The van der Waals surface area contributed by atoms with Crippen molar-refractivity contribution in [2.75, 3.05) is 26.2 Å². The van der Waals surface area contributed by atoms with E-state index in [1.807, 2.05) is 25.7 Å². The normalized spacial score (nSPS) is 18.7. The number of nitrogens with zero attached hydrogens (tertiary/aromatic N) is 4. The summed E-state index contributed by atoms with van der Waals surface area (Å²) >= 11 is 0. The molecule has 2 fully saturated rings. The zero-order chi connectivity index (χ0) is 20.1. The summed E-state index contributed by atoms with van der Waals surface area (Å²) in [5.74, 6) is -0.0167. The van der Waals surface area contributed by atoms with Gasteiger partial charge in [-0.1, -0.05) is 0 Å². The van der Waals surface area contributed by atoms with E-state index >= 15 is 0 Å². The summed E-state index contributed by atoms with van der Waals surface area (Å²) in [4.78, 5) is 36.5. The summed E-state index contributed by atoms with van der Waals surface area (Å²) in [6.45, 7) is 8.32. The van der Waals surface area contributed by atoms with E-state index in [0.29, 0.717) is 31.5 Å². The maximum absolute atomic E-state index is 12.5. The lowest BCUT2D eigenvalue weighted by Gasteiger charge is -2.33. The molecular weight excluding hydrogens is 360 g/mol. The Labute approximate surface area is 166 Å². The molecule has 2 saturated heterocycles. The van der Waals surface area contributed by atoms with Crippen LogP contribution in [0.4, 0.5) is 4.79 Å². The third-order valence-corrected chi connectivity index (χ3v) is 4.88. The molecule has 2 aliphatic rings. The van der Waals surface area contributed by atoms with E-state index in [4.69, 9.17) is 9.47 Å². The lowest BCUT2D eigenvalue weighted by Crippen LogP contribution is -2.44. The largest absolute Gasteiger partial charge is 0.460 e. The van der Waals surface area contributed by atoms with Crippen LogP contribution in [0.1, 0.15) is 63.2 Å². The third-order valence-electron chi connectivity index (χ3n) is 4.88. The van der Waals surface area contributed by atoms with Crippen molar-refractivity contribution in [1.29, 1.82) is 0 Å². The number of carbonyl (C=O) groups is 2. The molecule has 0 bridgehead atoms. The highest BCUT2D eigenvalue weighted by Crippen LogP contribution is 2.19. The molecule has 0 radical (unpaired) electrons. The Hall–Kier alpha value is -2.38. The minimum atomic E-state index is -0.494. The lowest BCUT2D eigenvalue weighted by molar-refractivity contribution is 0.0119. The first-order valence-corrected chi connectivity index (χ1v) is 10.1. The van der Waals surface area contributed by atoms with Crippen molar-refractivity contribution in [2.45, 2.75) is 64.6 Å². The summed E-state index contributed by atoms with van der Waals surface area (Å²) < 4.78 is 11.2. The molecule has 2 aliphatic heterocycles. The van der Waals surface area contributed by atoms with Crippen molar-refractivity contribution in [3.8, 4) is 6.01 Å². The molecule has 0 saturated carbocycles. The van der Waals surface area contributed by atoms with Gasteiger partial charge in [-0.25, -0.2) is 14.8 Å². The highest BCUT2D eigenvalue weighted by atomic mass is 16.6. The van der Waals surface area contributed by atoms with Crippen LogP contribution in [-0.4, -0.2) is 69.7 Å². The van der Waals surface area contributed by atoms with E-state index in [9.17, 15) is 9.59 Å². The predicted molar refractivity (Wildman–Crippen MR) is 103 cm³/mol. The summed E-state index contributed by atoms with van der Waals surface area (Å²) in [5, 5.41) is 0. The third kappa shape index (κ3) is 5.56. The smallest absolute Gasteiger partial charge is 0.410 e. The molecule has 0 aromatic carbocycles. The molecule has 154 valence electrons. The van der Waals surface area contributed by atoms with Gasteiger partial charge in [0.15, 0.2) is 0 Å². The van der Waals surface area contributed by atoms with Gasteiger partial charge < -0.3 is 19.3 Å².